The molecule has 0 amide bonds. The molecule has 0 N–H and O–H groups in total. The van der Waals surface area contributed by atoms with Crippen molar-refractivity contribution in [1.82, 2.24) is 0 Å². The average Bonchev–Trinajstić information content (AvgIpc) is 2.49. The summed E-state index contributed by atoms with van der Waals surface area (Å²) in [6, 6.07) is 13.0. The lowest BCUT2D eigenvalue weighted by molar-refractivity contribution is 0.866. The minimum absolute atomic E-state index is 1.03. The highest BCUT2D eigenvalue weighted by Gasteiger charge is 2.03. The molecule has 0 radical (unpaired) electrons. The van der Waals surface area contributed by atoms with Crippen molar-refractivity contribution in [2.75, 3.05) is 18.0 Å². The number of nitrogens with zero attached hydrogens (tertiary/aromatic N) is 2. The molecule has 0 unspecified atom stereocenters. The molecule has 2 rings (SSSR count). The van der Waals surface area contributed by atoms with Crippen molar-refractivity contribution in [3.05, 3.63) is 58.7 Å². The van der Waals surface area contributed by atoms with Crippen LogP contribution in [-0.2, 0) is 0 Å². The summed E-state index contributed by atoms with van der Waals surface area (Å²) in [7, 11) is 0. The highest BCUT2D eigenvalue weighted by atomic mass is 15.1. The third kappa shape index (κ3) is 3.76. The van der Waals surface area contributed by atoms with Gasteiger partial charge in [0.05, 0.1) is 5.69 Å². The Morgan fingerprint density at radius 1 is 0.909 bits per heavy atom. The van der Waals surface area contributed by atoms with E-state index in [0.29, 0.717) is 0 Å². The van der Waals surface area contributed by atoms with Gasteiger partial charge in [0.15, 0.2) is 0 Å². The van der Waals surface area contributed by atoms with Crippen LogP contribution in [0.1, 0.15) is 36.1 Å². The van der Waals surface area contributed by atoms with Crippen LogP contribution in [0.2, 0.25) is 0 Å². The molecule has 0 aliphatic carbocycles. The van der Waals surface area contributed by atoms with Crippen LogP contribution in [-0.4, -0.2) is 19.3 Å². The Balaban J connectivity index is 2.21. The van der Waals surface area contributed by atoms with Gasteiger partial charge in [-0.25, -0.2) is 0 Å². The molecule has 116 valence electrons. The van der Waals surface area contributed by atoms with E-state index >= 15 is 0 Å². The Labute approximate surface area is 134 Å². The third-order valence-corrected chi connectivity index (χ3v) is 4.00. The Bertz CT molecular complexity index is 627. The molecule has 0 atom stereocenters. The van der Waals surface area contributed by atoms with E-state index in [-0.39, 0.29) is 0 Å². The fraction of sp³-hybridized carbons (Fsp3) is 0.350. The molecule has 2 aromatic carbocycles. The highest BCUT2D eigenvalue weighted by Crippen LogP contribution is 2.25. The Morgan fingerprint density at radius 2 is 1.45 bits per heavy atom. The quantitative estimate of drug-likeness (QED) is 0.691. The standard InChI is InChI=1S/C20H26N2/c1-6-22(7-2)19-10-8-18(9-11-19)14-21-20-16(4)12-15(3)13-17(20)5/h8-14H,6-7H2,1-5H3. The number of hydrogen-bond donors (Lipinski definition) is 0. The van der Waals surface area contributed by atoms with Crippen LogP contribution >= 0.6 is 0 Å². The zero-order valence-corrected chi connectivity index (χ0v) is 14.4. The van der Waals surface area contributed by atoms with E-state index in [0.717, 1.165) is 24.3 Å². The third-order valence-electron chi connectivity index (χ3n) is 4.00. The van der Waals surface area contributed by atoms with E-state index in [4.69, 9.17) is 4.99 Å². The average molecular weight is 294 g/mol. The van der Waals surface area contributed by atoms with Crippen LogP contribution in [0.3, 0.4) is 0 Å². The molecule has 0 aliphatic heterocycles. The normalized spacial score (nSPS) is 11.1. The Hall–Kier alpha value is -2.09. The van der Waals surface area contributed by atoms with Gasteiger partial charge < -0.3 is 4.90 Å². The van der Waals surface area contributed by atoms with Gasteiger partial charge in [0.25, 0.3) is 0 Å². The minimum Gasteiger partial charge on any atom is -0.372 e. The van der Waals surface area contributed by atoms with Gasteiger partial charge in [0, 0.05) is 25.0 Å². The maximum Gasteiger partial charge on any atom is 0.0688 e. The lowest BCUT2D eigenvalue weighted by atomic mass is 10.1. The van der Waals surface area contributed by atoms with Crippen molar-refractivity contribution < 1.29 is 0 Å². The zero-order valence-electron chi connectivity index (χ0n) is 14.4. The van der Waals surface area contributed by atoms with E-state index in [9.17, 15) is 0 Å². The number of rotatable bonds is 5. The number of anilines is 1. The van der Waals surface area contributed by atoms with Crippen molar-refractivity contribution >= 4 is 17.6 Å². The first-order valence-corrected chi connectivity index (χ1v) is 8.02. The maximum absolute atomic E-state index is 4.69. The van der Waals surface area contributed by atoms with Crippen molar-refractivity contribution in [1.29, 1.82) is 0 Å². The van der Waals surface area contributed by atoms with E-state index in [1.807, 2.05) is 6.21 Å². The maximum atomic E-state index is 4.69. The smallest absolute Gasteiger partial charge is 0.0688 e. The molecule has 0 bridgehead atoms. The fourth-order valence-electron chi connectivity index (χ4n) is 2.88. The summed E-state index contributed by atoms with van der Waals surface area (Å²) < 4.78 is 0. The summed E-state index contributed by atoms with van der Waals surface area (Å²) in [5.74, 6) is 0. The first kappa shape index (κ1) is 16.3. The van der Waals surface area contributed by atoms with Crippen LogP contribution in [0.15, 0.2) is 41.4 Å². The second kappa shape index (κ2) is 7.26. The van der Waals surface area contributed by atoms with Gasteiger partial charge >= 0.3 is 0 Å². The zero-order chi connectivity index (χ0) is 16.1. The summed E-state index contributed by atoms with van der Waals surface area (Å²) in [4.78, 5) is 7.04. The fourth-order valence-corrected chi connectivity index (χ4v) is 2.88. The largest absolute Gasteiger partial charge is 0.372 e. The lowest BCUT2D eigenvalue weighted by Gasteiger charge is -2.20. The molecule has 0 fully saturated rings. The van der Waals surface area contributed by atoms with Crippen molar-refractivity contribution in [3.8, 4) is 0 Å². The van der Waals surface area contributed by atoms with E-state index in [1.54, 1.807) is 0 Å². The van der Waals surface area contributed by atoms with E-state index in [2.05, 4.69) is 75.9 Å². The van der Waals surface area contributed by atoms with E-state index in [1.165, 1.54) is 22.4 Å². The van der Waals surface area contributed by atoms with Gasteiger partial charge in [-0.1, -0.05) is 29.8 Å². The number of hydrogen-bond acceptors (Lipinski definition) is 2. The topological polar surface area (TPSA) is 15.6 Å². The molecule has 0 aromatic heterocycles. The molecule has 0 spiro atoms. The van der Waals surface area contributed by atoms with Crippen molar-refractivity contribution in [3.63, 3.8) is 0 Å². The van der Waals surface area contributed by atoms with Crippen molar-refractivity contribution in [2.24, 2.45) is 4.99 Å². The lowest BCUT2D eigenvalue weighted by Crippen LogP contribution is -2.21. The second-order valence-electron chi connectivity index (χ2n) is 5.77. The van der Waals surface area contributed by atoms with Gasteiger partial charge in [0.2, 0.25) is 0 Å². The van der Waals surface area contributed by atoms with Crippen LogP contribution < -0.4 is 4.90 Å². The molecule has 2 heteroatoms. The molecule has 0 aliphatic rings. The van der Waals surface area contributed by atoms with Gasteiger partial charge in [0.1, 0.15) is 0 Å². The monoisotopic (exact) mass is 294 g/mol. The van der Waals surface area contributed by atoms with E-state index < -0.39 is 0 Å². The van der Waals surface area contributed by atoms with Gasteiger partial charge in [-0.05, 0) is 63.4 Å². The summed E-state index contributed by atoms with van der Waals surface area (Å²) in [6.07, 6.45) is 1.96. The number of aliphatic imine (C=N–C) groups is 1. The molecular weight excluding hydrogens is 268 g/mol. The predicted octanol–water partition coefficient (Wildman–Crippen LogP) is 5.21. The predicted molar refractivity (Wildman–Crippen MR) is 97.9 cm³/mol. The van der Waals surface area contributed by atoms with Crippen LogP contribution in [0.4, 0.5) is 11.4 Å². The molecule has 0 heterocycles. The minimum atomic E-state index is 1.03. The van der Waals surface area contributed by atoms with Gasteiger partial charge in [-0.15, -0.1) is 0 Å². The van der Waals surface area contributed by atoms with Crippen LogP contribution in [0, 0.1) is 20.8 Å². The van der Waals surface area contributed by atoms with Gasteiger partial charge in [-0.2, -0.15) is 0 Å². The first-order chi connectivity index (χ1) is 10.5. The van der Waals surface area contributed by atoms with Crippen LogP contribution in [0.25, 0.3) is 0 Å². The molecule has 2 nitrogen and oxygen atoms in total. The van der Waals surface area contributed by atoms with Crippen LogP contribution in [0.5, 0.6) is 0 Å². The molecule has 0 saturated heterocycles. The molecule has 2 aromatic rings. The molecular formula is C20H26N2. The number of benzene rings is 2. The summed E-state index contributed by atoms with van der Waals surface area (Å²) in [6.45, 7) is 12.8. The number of aryl methyl sites for hydroxylation is 3. The summed E-state index contributed by atoms with van der Waals surface area (Å²) in [5.41, 5.74) is 7.23. The Morgan fingerprint density at radius 3 is 1.95 bits per heavy atom. The second-order valence-corrected chi connectivity index (χ2v) is 5.77. The Kier molecular flexibility index (Phi) is 5.37. The summed E-state index contributed by atoms with van der Waals surface area (Å²) in [5, 5.41) is 0. The SMILES string of the molecule is CCN(CC)c1ccc(C=Nc2c(C)cc(C)cc2C)cc1. The molecule has 22 heavy (non-hydrogen) atoms. The first-order valence-electron chi connectivity index (χ1n) is 8.02. The summed E-state index contributed by atoms with van der Waals surface area (Å²) >= 11 is 0. The highest BCUT2D eigenvalue weighted by molar-refractivity contribution is 5.83. The van der Waals surface area contributed by atoms with Crippen molar-refractivity contribution in [2.45, 2.75) is 34.6 Å². The van der Waals surface area contributed by atoms with Gasteiger partial charge in [-0.3, -0.25) is 4.99 Å². The molecule has 0 saturated carbocycles.